The minimum Gasteiger partial charge on any atom is -0.477 e. The monoisotopic (exact) mass is 300 g/mol. The summed E-state index contributed by atoms with van der Waals surface area (Å²) in [5, 5.41) is 8.92. The van der Waals surface area contributed by atoms with Crippen molar-refractivity contribution in [1.29, 1.82) is 0 Å². The Labute approximate surface area is 115 Å². The Bertz CT molecular complexity index is 647. The maximum atomic E-state index is 12.6. The van der Waals surface area contributed by atoms with Crippen LogP contribution in [0.25, 0.3) is 0 Å². The van der Waals surface area contributed by atoms with Gasteiger partial charge in [0.1, 0.15) is 10.7 Å². The lowest BCUT2D eigenvalue weighted by Crippen LogP contribution is -2.05. The van der Waals surface area contributed by atoms with Crippen LogP contribution in [0.4, 0.5) is 13.2 Å². The summed E-state index contributed by atoms with van der Waals surface area (Å²) in [6.07, 6.45) is -2.10. The maximum Gasteiger partial charge on any atom is 0.416 e. The van der Waals surface area contributed by atoms with Gasteiger partial charge in [0, 0.05) is 17.3 Å². The molecule has 8 heteroatoms. The quantitative estimate of drug-likeness (QED) is 0.942. The zero-order valence-corrected chi connectivity index (χ0v) is 10.6. The highest BCUT2D eigenvalue weighted by atomic mass is 32.2. The van der Waals surface area contributed by atoms with E-state index in [0.29, 0.717) is 4.90 Å². The van der Waals surface area contributed by atoms with Gasteiger partial charge in [0.2, 0.25) is 0 Å². The number of aromatic nitrogens is 2. The minimum absolute atomic E-state index is 0.127. The predicted molar refractivity (Wildman–Crippen MR) is 64.6 cm³/mol. The number of carboxylic acids is 1. The first-order valence-corrected chi connectivity index (χ1v) is 6.08. The van der Waals surface area contributed by atoms with Crippen molar-refractivity contribution < 1.29 is 23.1 Å². The Kier molecular flexibility index (Phi) is 3.93. The molecule has 0 aromatic carbocycles. The smallest absolute Gasteiger partial charge is 0.416 e. The second kappa shape index (κ2) is 5.49. The van der Waals surface area contributed by atoms with Crippen molar-refractivity contribution in [2.75, 3.05) is 0 Å². The molecule has 2 heterocycles. The number of carboxylic acid groups (broad SMARTS) is 1. The van der Waals surface area contributed by atoms with E-state index in [1.54, 1.807) is 0 Å². The lowest BCUT2D eigenvalue weighted by Gasteiger charge is -2.07. The lowest BCUT2D eigenvalue weighted by molar-refractivity contribution is -0.137. The molecular weight excluding hydrogens is 293 g/mol. The van der Waals surface area contributed by atoms with Crippen molar-refractivity contribution >= 4 is 17.7 Å². The number of carbonyl (C=O) groups is 1. The highest BCUT2D eigenvalue weighted by molar-refractivity contribution is 7.99. The third kappa shape index (κ3) is 3.47. The van der Waals surface area contributed by atoms with Gasteiger partial charge < -0.3 is 5.11 Å². The van der Waals surface area contributed by atoms with Gasteiger partial charge >= 0.3 is 12.1 Å². The van der Waals surface area contributed by atoms with Gasteiger partial charge in [0.05, 0.1) is 5.56 Å². The van der Waals surface area contributed by atoms with Crippen LogP contribution >= 0.6 is 11.8 Å². The summed E-state index contributed by atoms with van der Waals surface area (Å²) in [4.78, 5) is 18.6. The summed E-state index contributed by atoms with van der Waals surface area (Å²) in [5.74, 6) is -1.20. The van der Waals surface area contributed by atoms with Crippen molar-refractivity contribution in [3.8, 4) is 0 Å². The van der Waals surface area contributed by atoms with Crippen LogP contribution in [0.1, 0.15) is 16.1 Å². The fourth-order valence-corrected chi connectivity index (χ4v) is 2.19. The molecule has 0 saturated heterocycles. The molecule has 2 rings (SSSR count). The standard InChI is InChI=1S/C12H7F3N2O2S/c13-12(14,15)7-1-3-17-10(5-7)20-8-2-4-16-9(6-8)11(18)19/h1-6H,(H,18,19). The SMILES string of the molecule is O=C(O)c1cc(Sc2cc(C(F)(F)F)ccn2)ccn1. The van der Waals surface area contributed by atoms with Gasteiger partial charge in [-0.15, -0.1) is 0 Å². The van der Waals surface area contributed by atoms with Gasteiger partial charge in [-0.05, 0) is 24.3 Å². The zero-order valence-electron chi connectivity index (χ0n) is 9.76. The minimum atomic E-state index is -4.44. The molecule has 0 spiro atoms. The topological polar surface area (TPSA) is 63.1 Å². The number of hydrogen-bond donors (Lipinski definition) is 1. The largest absolute Gasteiger partial charge is 0.477 e. The second-order valence-corrected chi connectivity index (χ2v) is 4.76. The van der Waals surface area contributed by atoms with E-state index in [2.05, 4.69) is 9.97 Å². The van der Waals surface area contributed by atoms with Crippen molar-refractivity contribution in [1.82, 2.24) is 9.97 Å². The van der Waals surface area contributed by atoms with Crippen LogP contribution in [0, 0.1) is 0 Å². The van der Waals surface area contributed by atoms with Crippen LogP contribution in [0.3, 0.4) is 0 Å². The molecular formula is C12H7F3N2O2S. The summed E-state index contributed by atoms with van der Waals surface area (Å²) in [6, 6.07) is 4.55. The van der Waals surface area contributed by atoms with E-state index in [1.165, 1.54) is 18.3 Å². The first kappa shape index (κ1) is 14.3. The first-order chi connectivity index (χ1) is 9.36. The highest BCUT2D eigenvalue weighted by Gasteiger charge is 2.30. The van der Waals surface area contributed by atoms with Gasteiger partial charge in [-0.2, -0.15) is 13.2 Å². The summed E-state index contributed by atoms with van der Waals surface area (Å²) >= 11 is 0.935. The molecule has 0 unspecified atom stereocenters. The fraction of sp³-hybridized carbons (Fsp3) is 0.0833. The number of rotatable bonds is 3. The van der Waals surface area contributed by atoms with Gasteiger partial charge in [-0.3, -0.25) is 0 Å². The normalized spacial score (nSPS) is 11.3. The molecule has 104 valence electrons. The number of alkyl halides is 3. The fourth-order valence-electron chi connectivity index (χ4n) is 1.35. The molecule has 0 fully saturated rings. The average molecular weight is 300 g/mol. The van der Waals surface area contributed by atoms with E-state index in [4.69, 9.17) is 5.11 Å². The Morgan fingerprint density at radius 2 is 1.85 bits per heavy atom. The van der Waals surface area contributed by atoms with E-state index in [-0.39, 0.29) is 10.7 Å². The zero-order chi connectivity index (χ0) is 14.8. The Morgan fingerprint density at radius 3 is 2.50 bits per heavy atom. The summed E-state index contributed by atoms with van der Waals surface area (Å²) in [6.45, 7) is 0. The molecule has 0 aliphatic heterocycles. The number of pyridine rings is 2. The third-order valence-corrected chi connectivity index (χ3v) is 3.16. The molecule has 0 aliphatic rings. The van der Waals surface area contributed by atoms with Crippen LogP contribution in [-0.4, -0.2) is 21.0 Å². The van der Waals surface area contributed by atoms with Gasteiger partial charge in [-0.25, -0.2) is 14.8 Å². The molecule has 0 amide bonds. The molecule has 0 radical (unpaired) electrons. The molecule has 0 bridgehead atoms. The summed E-state index contributed by atoms with van der Waals surface area (Å²) in [7, 11) is 0. The van der Waals surface area contributed by atoms with E-state index in [9.17, 15) is 18.0 Å². The Hall–Kier alpha value is -2.09. The van der Waals surface area contributed by atoms with Gasteiger partial charge in [-0.1, -0.05) is 11.8 Å². The average Bonchev–Trinajstić information content (AvgIpc) is 2.38. The second-order valence-electron chi connectivity index (χ2n) is 3.66. The molecule has 2 aromatic rings. The van der Waals surface area contributed by atoms with Crippen LogP contribution in [-0.2, 0) is 6.18 Å². The number of nitrogens with zero attached hydrogens (tertiary/aromatic N) is 2. The van der Waals surface area contributed by atoms with Crippen LogP contribution < -0.4 is 0 Å². The van der Waals surface area contributed by atoms with E-state index < -0.39 is 17.7 Å². The van der Waals surface area contributed by atoms with Crippen molar-refractivity contribution in [3.63, 3.8) is 0 Å². The maximum absolute atomic E-state index is 12.6. The van der Waals surface area contributed by atoms with Crippen LogP contribution in [0.2, 0.25) is 0 Å². The Morgan fingerprint density at radius 1 is 1.15 bits per heavy atom. The van der Waals surface area contributed by atoms with Crippen molar-refractivity contribution in [2.45, 2.75) is 16.1 Å². The lowest BCUT2D eigenvalue weighted by atomic mass is 10.3. The van der Waals surface area contributed by atoms with Crippen molar-refractivity contribution in [2.24, 2.45) is 0 Å². The van der Waals surface area contributed by atoms with Gasteiger partial charge in [0.25, 0.3) is 0 Å². The molecule has 0 atom stereocenters. The summed E-state index contributed by atoms with van der Waals surface area (Å²) < 4.78 is 37.7. The predicted octanol–water partition coefficient (Wildman–Crippen LogP) is 3.34. The molecule has 20 heavy (non-hydrogen) atoms. The van der Waals surface area contributed by atoms with Crippen LogP contribution in [0.5, 0.6) is 0 Å². The summed E-state index contributed by atoms with van der Waals surface area (Å²) in [5.41, 5.74) is -0.982. The van der Waals surface area contributed by atoms with E-state index >= 15 is 0 Å². The van der Waals surface area contributed by atoms with E-state index in [0.717, 1.165) is 30.1 Å². The Balaban J connectivity index is 2.26. The number of aromatic carboxylic acids is 1. The third-order valence-electron chi connectivity index (χ3n) is 2.24. The number of halogens is 3. The molecule has 4 nitrogen and oxygen atoms in total. The molecule has 0 saturated carbocycles. The molecule has 0 aliphatic carbocycles. The number of hydrogen-bond acceptors (Lipinski definition) is 4. The van der Waals surface area contributed by atoms with Crippen molar-refractivity contribution in [3.05, 3.63) is 47.9 Å². The molecule has 2 aromatic heterocycles. The highest BCUT2D eigenvalue weighted by Crippen LogP contribution is 2.33. The molecule has 1 N–H and O–H groups in total. The van der Waals surface area contributed by atoms with Gasteiger partial charge in [0.15, 0.2) is 0 Å². The van der Waals surface area contributed by atoms with E-state index in [1.807, 2.05) is 0 Å². The first-order valence-electron chi connectivity index (χ1n) is 5.27. The van der Waals surface area contributed by atoms with Crippen LogP contribution in [0.15, 0.2) is 46.6 Å².